The average Bonchev–Trinajstić information content (AvgIpc) is 2.72. The molecule has 2 aromatic heterocycles. The van der Waals surface area contributed by atoms with Gasteiger partial charge >= 0.3 is 5.97 Å². The lowest BCUT2D eigenvalue weighted by Crippen LogP contribution is -2.12. The number of nitrogens with zero attached hydrogens (tertiary/aromatic N) is 2. The predicted molar refractivity (Wildman–Crippen MR) is 60.4 cm³/mol. The van der Waals surface area contributed by atoms with Crippen molar-refractivity contribution in [3.63, 3.8) is 0 Å². The van der Waals surface area contributed by atoms with E-state index in [9.17, 15) is 4.79 Å². The minimum atomic E-state index is -0.822. The second-order valence-electron chi connectivity index (χ2n) is 3.23. The molecule has 16 heavy (non-hydrogen) atoms. The second-order valence-corrected chi connectivity index (χ2v) is 3.66. The van der Waals surface area contributed by atoms with E-state index in [0.29, 0.717) is 12.3 Å². The Morgan fingerprint density at radius 2 is 2.44 bits per heavy atom. The van der Waals surface area contributed by atoms with Crippen molar-refractivity contribution < 1.29 is 9.53 Å². The van der Waals surface area contributed by atoms with Gasteiger partial charge in [-0.1, -0.05) is 6.07 Å². The van der Waals surface area contributed by atoms with Crippen LogP contribution in [-0.2, 0) is 9.53 Å². The van der Waals surface area contributed by atoms with Crippen LogP contribution in [0.15, 0.2) is 30.6 Å². The van der Waals surface area contributed by atoms with Gasteiger partial charge in [0.05, 0.1) is 18.5 Å². The quantitative estimate of drug-likeness (QED) is 0.608. The van der Waals surface area contributed by atoms with Crippen molar-refractivity contribution in [1.82, 2.24) is 9.38 Å². The Labute approximate surface area is 97.8 Å². The third-order valence-electron chi connectivity index (χ3n) is 2.20. The first-order chi connectivity index (χ1) is 7.74. The normalized spacial score (nSPS) is 12.6. The summed E-state index contributed by atoms with van der Waals surface area (Å²) >= 11 is 6.02. The first-order valence-electron chi connectivity index (χ1n) is 4.96. The number of esters is 1. The van der Waals surface area contributed by atoms with Crippen LogP contribution in [0.2, 0.25) is 0 Å². The molecule has 0 spiro atoms. The number of hydrogen-bond donors (Lipinski definition) is 0. The third kappa shape index (κ3) is 1.88. The highest BCUT2D eigenvalue weighted by Gasteiger charge is 2.22. The van der Waals surface area contributed by atoms with Gasteiger partial charge in [0.2, 0.25) is 0 Å². The molecule has 2 rings (SSSR count). The number of carbonyl (C=O) groups excluding carboxylic acids is 1. The zero-order chi connectivity index (χ0) is 11.5. The van der Waals surface area contributed by atoms with Crippen molar-refractivity contribution in [2.45, 2.75) is 12.3 Å². The van der Waals surface area contributed by atoms with E-state index in [2.05, 4.69) is 4.98 Å². The van der Waals surface area contributed by atoms with Gasteiger partial charge in [-0.2, -0.15) is 0 Å². The minimum absolute atomic E-state index is 0.318. The highest BCUT2D eigenvalue weighted by atomic mass is 35.5. The number of halogens is 1. The van der Waals surface area contributed by atoms with Gasteiger partial charge in [-0.3, -0.25) is 4.79 Å². The molecule has 4 nitrogen and oxygen atoms in total. The van der Waals surface area contributed by atoms with Crippen molar-refractivity contribution >= 4 is 23.2 Å². The van der Waals surface area contributed by atoms with Gasteiger partial charge < -0.3 is 9.14 Å². The fourth-order valence-corrected chi connectivity index (χ4v) is 1.70. The molecular weight excluding hydrogens is 228 g/mol. The highest BCUT2D eigenvalue weighted by molar-refractivity contribution is 6.29. The third-order valence-corrected chi connectivity index (χ3v) is 2.60. The number of alkyl halides is 1. The molecule has 0 aromatic carbocycles. The molecule has 0 radical (unpaired) electrons. The maximum Gasteiger partial charge on any atom is 0.330 e. The summed E-state index contributed by atoms with van der Waals surface area (Å²) < 4.78 is 6.64. The van der Waals surface area contributed by atoms with E-state index in [0.717, 1.165) is 5.65 Å². The molecule has 0 aliphatic carbocycles. The SMILES string of the molecule is CCOC(=O)C(Cl)c1cnc2ccccn12. The van der Waals surface area contributed by atoms with Crippen LogP contribution in [0.3, 0.4) is 0 Å². The van der Waals surface area contributed by atoms with Crippen LogP contribution in [0.1, 0.15) is 18.0 Å². The molecule has 2 aromatic rings. The number of fused-ring (bicyclic) bond motifs is 1. The Balaban J connectivity index is 2.36. The van der Waals surface area contributed by atoms with E-state index in [1.807, 2.05) is 24.4 Å². The maximum absolute atomic E-state index is 11.5. The summed E-state index contributed by atoms with van der Waals surface area (Å²) in [5.74, 6) is -0.449. The molecule has 0 saturated carbocycles. The number of aromatic nitrogens is 2. The van der Waals surface area contributed by atoms with E-state index in [1.165, 1.54) is 0 Å². The Kier molecular flexibility index (Phi) is 3.10. The number of hydrogen-bond acceptors (Lipinski definition) is 3. The fourth-order valence-electron chi connectivity index (χ4n) is 1.48. The first kappa shape index (κ1) is 11.0. The predicted octanol–water partition coefficient (Wildman–Crippen LogP) is 2.18. The van der Waals surface area contributed by atoms with Gasteiger partial charge in [-0.15, -0.1) is 11.6 Å². The molecule has 1 atom stereocenters. The number of rotatable bonds is 3. The Hall–Kier alpha value is -1.55. The maximum atomic E-state index is 11.5. The van der Waals surface area contributed by atoms with Crippen molar-refractivity contribution in [3.8, 4) is 0 Å². The number of imidazole rings is 1. The summed E-state index contributed by atoms with van der Waals surface area (Å²) in [6, 6.07) is 5.57. The van der Waals surface area contributed by atoms with E-state index in [4.69, 9.17) is 16.3 Å². The van der Waals surface area contributed by atoms with Crippen LogP contribution < -0.4 is 0 Å². The monoisotopic (exact) mass is 238 g/mol. The summed E-state index contributed by atoms with van der Waals surface area (Å²) in [4.78, 5) is 15.6. The van der Waals surface area contributed by atoms with Crippen molar-refractivity contribution in [3.05, 3.63) is 36.3 Å². The number of pyridine rings is 1. The van der Waals surface area contributed by atoms with Crippen LogP contribution in [0.25, 0.3) is 5.65 Å². The summed E-state index contributed by atoms with van der Waals surface area (Å²) in [6.45, 7) is 2.06. The Morgan fingerprint density at radius 1 is 1.62 bits per heavy atom. The molecule has 0 aliphatic heterocycles. The van der Waals surface area contributed by atoms with Crippen LogP contribution in [0, 0.1) is 0 Å². The Bertz CT molecular complexity index is 509. The number of carbonyl (C=O) groups is 1. The highest BCUT2D eigenvalue weighted by Crippen LogP contribution is 2.22. The first-order valence-corrected chi connectivity index (χ1v) is 5.40. The average molecular weight is 239 g/mol. The molecule has 1 unspecified atom stereocenters. The topological polar surface area (TPSA) is 43.6 Å². The zero-order valence-corrected chi connectivity index (χ0v) is 9.52. The summed E-state index contributed by atoms with van der Waals surface area (Å²) in [5.41, 5.74) is 1.38. The van der Waals surface area contributed by atoms with Gasteiger partial charge in [-0.25, -0.2) is 4.98 Å². The second kappa shape index (κ2) is 4.53. The van der Waals surface area contributed by atoms with Gasteiger partial charge in [0, 0.05) is 6.20 Å². The van der Waals surface area contributed by atoms with Crippen molar-refractivity contribution in [2.24, 2.45) is 0 Å². The lowest BCUT2D eigenvalue weighted by atomic mass is 10.3. The molecule has 0 amide bonds. The van der Waals surface area contributed by atoms with E-state index in [-0.39, 0.29) is 0 Å². The van der Waals surface area contributed by atoms with Crippen LogP contribution in [0.5, 0.6) is 0 Å². The molecule has 84 valence electrons. The van der Waals surface area contributed by atoms with Gasteiger partial charge in [0.25, 0.3) is 0 Å². The van der Waals surface area contributed by atoms with Gasteiger partial charge in [0.1, 0.15) is 5.65 Å². The van der Waals surface area contributed by atoms with Crippen LogP contribution >= 0.6 is 11.6 Å². The summed E-state index contributed by atoms with van der Waals surface area (Å²) in [6.07, 6.45) is 3.40. The Morgan fingerprint density at radius 3 is 3.19 bits per heavy atom. The lowest BCUT2D eigenvalue weighted by Gasteiger charge is -2.07. The van der Waals surface area contributed by atoms with Gasteiger partial charge in [-0.05, 0) is 19.1 Å². The fraction of sp³-hybridized carbons (Fsp3) is 0.273. The smallest absolute Gasteiger partial charge is 0.330 e. The summed E-state index contributed by atoms with van der Waals surface area (Å²) in [5, 5.41) is -0.822. The standard InChI is InChI=1S/C11H11ClN2O2/c1-2-16-11(15)10(12)8-7-13-9-5-3-4-6-14(8)9/h3-7,10H,2H2,1H3. The van der Waals surface area contributed by atoms with Crippen molar-refractivity contribution in [2.75, 3.05) is 6.61 Å². The molecule has 2 heterocycles. The largest absolute Gasteiger partial charge is 0.465 e. The molecule has 5 heteroatoms. The van der Waals surface area contributed by atoms with Crippen molar-refractivity contribution in [1.29, 1.82) is 0 Å². The minimum Gasteiger partial charge on any atom is -0.465 e. The van der Waals surface area contributed by atoms with Gasteiger partial charge in [0.15, 0.2) is 5.38 Å². The molecule has 0 bridgehead atoms. The molecule has 0 N–H and O–H groups in total. The summed E-state index contributed by atoms with van der Waals surface area (Å²) in [7, 11) is 0. The number of ether oxygens (including phenoxy) is 1. The van der Waals surface area contributed by atoms with E-state index < -0.39 is 11.3 Å². The zero-order valence-electron chi connectivity index (χ0n) is 8.76. The molecular formula is C11H11ClN2O2. The molecule has 0 fully saturated rings. The van der Waals surface area contributed by atoms with Crippen LogP contribution in [0.4, 0.5) is 0 Å². The molecule has 0 aliphatic rings. The van der Waals surface area contributed by atoms with E-state index in [1.54, 1.807) is 17.5 Å². The lowest BCUT2D eigenvalue weighted by molar-refractivity contribution is -0.142. The van der Waals surface area contributed by atoms with Crippen LogP contribution in [-0.4, -0.2) is 22.0 Å². The molecule has 0 saturated heterocycles. The van der Waals surface area contributed by atoms with E-state index >= 15 is 0 Å².